The monoisotopic (exact) mass is 386 g/mol. The van der Waals surface area contributed by atoms with Crippen LogP contribution in [0.1, 0.15) is 25.0 Å². The molecule has 0 spiro atoms. The van der Waals surface area contributed by atoms with E-state index >= 15 is 0 Å². The molecule has 2 aromatic rings. The second-order valence-electron chi connectivity index (χ2n) is 5.96. The third kappa shape index (κ3) is 6.64. The van der Waals surface area contributed by atoms with Crippen LogP contribution in [-0.4, -0.2) is 44.9 Å². The number of nitrogens with one attached hydrogen (secondary N) is 2. The van der Waals surface area contributed by atoms with Gasteiger partial charge in [-0.2, -0.15) is 0 Å². The van der Waals surface area contributed by atoms with Crippen LogP contribution in [0.2, 0.25) is 0 Å². The second-order valence-corrected chi connectivity index (χ2v) is 5.96. The molecule has 0 aliphatic rings. The largest absolute Gasteiger partial charge is 0.490 e. The Balaban J connectivity index is 1.83. The number of ether oxygens (including phenoxy) is 3. The normalized spacial score (nSPS) is 11.1. The molecule has 0 fully saturated rings. The maximum absolute atomic E-state index is 5.69. The van der Waals surface area contributed by atoms with Crippen molar-refractivity contribution in [3.63, 3.8) is 0 Å². The lowest BCUT2D eigenvalue weighted by atomic mass is 10.1. The van der Waals surface area contributed by atoms with Gasteiger partial charge in [-0.1, -0.05) is 12.1 Å². The van der Waals surface area contributed by atoms with Gasteiger partial charge in [0.1, 0.15) is 0 Å². The Morgan fingerprint density at radius 2 is 1.75 bits per heavy atom. The van der Waals surface area contributed by atoms with Crippen molar-refractivity contribution in [3.8, 4) is 17.4 Å². The van der Waals surface area contributed by atoms with Gasteiger partial charge in [-0.3, -0.25) is 4.99 Å². The van der Waals surface area contributed by atoms with Crippen LogP contribution in [0.5, 0.6) is 17.4 Å². The van der Waals surface area contributed by atoms with Gasteiger partial charge in [0.15, 0.2) is 17.5 Å². The highest BCUT2D eigenvalue weighted by molar-refractivity contribution is 5.79. The minimum absolute atomic E-state index is 0.605. The number of nitrogens with zero attached hydrogens (tertiary/aromatic N) is 2. The van der Waals surface area contributed by atoms with Crippen LogP contribution in [0.25, 0.3) is 0 Å². The smallest absolute Gasteiger partial charge is 0.212 e. The Bertz CT molecular complexity index is 748. The van der Waals surface area contributed by atoms with Crippen LogP contribution in [-0.2, 0) is 13.0 Å². The van der Waals surface area contributed by atoms with Gasteiger partial charge in [0.2, 0.25) is 5.88 Å². The van der Waals surface area contributed by atoms with Crippen LogP contribution < -0.4 is 24.8 Å². The number of aromatic nitrogens is 1. The van der Waals surface area contributed by atoms with Crippen molar-refractivity contribution < 1.29 is 14.2 Å². The molecule has 2 rings (SSSR count). The van der Waals surface area contributed by atoms with E-state index in [2.05, 4.69) is 26.7 Å². The van der Waals surface area contributed by atoms with E-state index in [-0.39, 0.29) is 0 Å². The zero-order valence-corrected chi connectivity index (χ0v) is 17.1. The predicted molar refractivity (Wildman–Crippen MR) is 111 cm³/mol. The lowest BCUT2D eigenvalue weighted by Gasteiger charge is -2.14. The van der Waals surface area contributed by atoms with Gasteiger partial charge < -0.3 is 24.8 Å². The SMILES string of the molecule is CCOc1ccc(CCNC(=NC)NCc2ccc(OC)nc2)cc1OCC. The topological polar surface area (TPSA) is 77.0 Å². The van der Waals surface area contributed by atoms with Gasteiger partial charge in [-0.25, -0.2) is 4.98 Å². The first-order valence-electron chi connectivity index (χ1n) is 9.52. The molecule has 0 aliphatic heterocycles. The zero-order valence-electron chi connectivity index (χ0n) is 17.1. The fourth-order valence-electron chi connectivity index (χ4n) is 2.62. The van der Waals surface area contributed by atoms with E-state index in [4.69, 9.17) is 14.2 Å². The third-order valence-corrected chi connectivity index (χ3v) is 4.00. The highest BCUT2D eigenvalue weighted by Gasteiger charge is 2.06. The van der Waals surface area contributed by atoms with Crippen molar-refractivity contribution in [1.82, 2.24) is 15.6 Å². The van der Waals surface area contributed by atoms with Crippen molar-refractivity contribution in [2.24, 2.45) is 4.99 Å². The molecular weight excluding hydrogens is 356 g/mol. The van der Waals surface area contributed by atoms with Crippen LogP contribution in [0.15, 0.2) is 41.5 Å². The number of hydrogen-bond donors (Lipinski definition) is 2. The zero-order chi connectivity index (χ0) is 20.2. The summed E-state index contributed by atoms with van der Waals surface area (Å²) in [5.74, 6) is 2.92. The summed E-state index contributed by atoms with van der Waals surface area (Å²) < 4.78 is 16.4. The Kier molecular flexibility index (Phi) is 8.91. The van der Waals surface area contributed by atoms with Crippen molar-refractivity contribution >= 4 is 5.96 Å². The molecule has 1 aromatic carbocycles. The molecule has 0 aliphatic carbocycles. The number of pyridine rings is 1. The van der Waals surface area contributed by atoms with E-state index in [0.29, 0.717) is 25.6 Å². The Morgan fingerprint density at radius 3 is 2.39 bits per heavy atom. The maximum Gasteiger partial charge on any atom is 0.212 e. The van der Waals surface area contributed by atoms with Gasteiger partial charge in [-0.15, -0.1) is 0 Å². The fraction of sp³-hybridized carbons (Fsp3) is 0.429. The van der Waals surface area contributed by atoms with Gasteiger partial charge in [-0.05, 0) is 43.5 Å². The lowest BCUT2D eigenvalue weighted by Crippen LogP contribution is -2.37. The predicted octanol–water partition coefficient (Wildman–Crippen LogP) is 2.80. The fourth-order valence-corrected chi connectivity index (χ4v) is 2.62. The molecule has 1 aromatic heterocycles. The number of benzene rings is 1. The van der Waals surface area contributed by atoms with Crippen LogP contribution in [0.3, 0.4) is 0 Å². The van der Waals surface area contributed by atoms with E-state index in [9.17, 15) is 0 Å². The average Bonchev–Trinajstić information content (AvgIpc) is 2.73. The van der Waals surface area contributed by atoms with E-state index in [1.54, 1.807) is 20.4 Å². The first-order valence-corrected chi connectivity index (χ1v) is 9.52. The number of rotatable bonds is 10. The number of hydrogen-bond acceptors (Lipinski definition) is 5. The Labute approximate surface area is 167 Å². The molecule has 0 amide bonds. The molecule has 152 valence electrons. The van der Waals surface area contributed by atoms with Crippen molar-refractivity contribution in [3.05, 3.63) is 47.7 Å². The van der Waals surface area contributed by atoms with E-state index in [0.717, 1.165) is 36.0 Å². The minimum Gasteiger partial charge on any atom is -0.490 e. The quantitative estimate of drug-likeness (QED) is 0.483. The summed E-state index contributed by atoms with van der Waals surface area (Å²) in [6.45, 7) is 6.55. The average molecular weight is 386 g/mol. The van der Waals surface area contributed by atoms with Gasteiger partial charge in [0, 0.05) is 32.4 Å². The number of aliphatic imine (C=N–C) groups is 1. The first kappa shape index (κ1) is 21.3. The van der Waals surface area contributed by atoms with Crippen molar-refractivity contribution in [1.29, 1.82) is 0 Å². The molecule has 0 radical (unpaired) electrons. The van der Waals surface area contributed by atoms with Crippen molar-refractivity contribution in [2.75, 3.05) is 33.9 Å². The highest BCUT2D eigenvalue weighted by atomic mass is 16.5. The van der Waals surface area contributed by atoms with Gasteiger partial charge >= 0.3 is 0 Å². The van der Waals surface area contributed by atoms with E-state index in [1.165, 1.54) is 5.56 Å². The third-order valence-electron chi connectivity index (χ3n) is 4.00. The standard InChI is InChI=1S/C21H30N4O3/c1-5-27-18-9-7-16(13-19(18)28-6-2)11-12-23-21(22-3)25-15-17-8-10-20(26-4)24-14-17/h7-10,13-14H,5-6,11-12,15H2,1-4H3,(H2,22,23,25). The summed E-state index contributed by atoms with van der Waals surface area (Å²) in [5.41, 5.74) is 2.23. The summed E-state index contributed by atoms with van der Waals surface area (Å²) in [6, 6.07) is 9.88. The molecule has 1 heterocycles. The summed E-state index contributed by atoms with van der Waals surface area (Å²) >= 11 is 0. The van der Waals surface area contributed by atoms with Gasteiger partial charge in [0.05, 0.1) is 20.3 Å². The molecule has 0 bridgehead atoms. The van der Waals surface area contributed by atoms with Crippen LogP contribution >= 0.6 is 0 Å². The van der Waals surface area contributed by atoms with E-state index < -0.39 is 0 Å². The summed E-state index contributed by atoms with van der Waals surface area (Å²) in [6.07, 6.45) is 2.63. The molecule has 0 saturated carbocycles. The molecule has 28 heavy (non-hydrogen) atoms. The highest BCUT2D eigenvalue weighted by Crippen LogP contribution is 2.28. The molecule has 0 atom stereocenters. The molecular formula is C21H30N4O3. The number of methoxy groups -OCH3 is 1. The molecule has 7 nitrogen and oxygen atoms in total. The molecule has 0 saturated heterocycles. The summed E-state index contributed by atoms with van der Waals surface area (Å²) in [7, 11) is 3.36. The summed E-state index contributed by atoms with van der Waals surface area (Å²) in [5, 5.41) is 6.60. The van der Waals surface area contributed by atoms with Crippen LogP contribution in [0, 0.1) is 0 Å². The molecule has 7 heteroatoms. The van der Waals surface area contributed by atoms with E-state index in [1.807, 2.05) is 38.1 Å². The maximum atomic E-state index is 5.69. The second kappa shape index (κ2) is 11.7. The van der Waals surface area contributed by atoms with Crippen LogP contribution in [0.4, 0.5) is 0 Å². The van der Waals surface area contributed by atoms with Gasteiger partial charge in [0.25, 0.3) is 0 Å². The first-order chi connectivity index (χ1) is 13.7. The Morgan fingerprint density at radius 1 is 1.00 bits per heavy atom. The Hall–Kier alpha value is -2.96. The molecule has 0 unspecified atom stereocenters. The lowest BCUT2D eigenvalue weighted by molar-refractivity contribution is 0.287. The minimum atomic E-state index is 0.605. The van der Waals surface area contributed by atoms with Crippen molar-refractivity contribution in [2.45, 2.75) is 26.8 Å². The summed E-state index contributed by atoms with van der Waals surface area (Å²) in [4.78, 5) is 8.46. The molecule has 2 N–H and O–H groups in total. The number of guanidine groups is 1.